The summed E-state index contributed by atoms with van der Waals surface area (Å²) in [6.45, 7) is 7.08. The molecule has 6 aromatic rings. The molecule has 0 N–H and O–H groups in total. The summed E-state index contributed by atoms with van der Waals surface area (Å²) in [6.07, 6.45) is 20.4. The molecule has 0 unspecified atom stereocenters. The molecule has 10 rings (SSSR count). The van der Waals surface area contributed by atoms with Crippen LogP contribution in [0.5, 0.6) is 0 Å². The van der Waals surface area contributed by atoms with Crippen molar-refractivity contribution in [1.82, 2.24) is 0 Å². The van der Waals surface area contributed by atoms with Crippen LogP contribution in [0, 0.1) is 6.92 Å². The second kappa shape index (κ2) is 16.3. The molecule has 0 bridgehead atoms. The van der Waals surface area contributed by atoms with Crippen LogP contribution in [0.3, 0.4) is 0 Å². The van der Waals surface area contributed by atoms with E-state index in [-0.39, 0.29) is 5.41 Å². The van der Waals surface area contributed by atoms with Crippen molar-refractivity contribution in [3.63, 3.8) is 0 Å². The lowest BCUT2D eigenvalue weighted by atomic mass is 9.78. The number of anilines is 3. The van der Waals surface area contributed by atoms with E-state index in [0.29, 0.717) is 5.92 Å². The van der Waals surface area contributed by atoms with Gasteiger partial charge in [-0.15, -0.1) is 0 Å². The predicted molar refractivity (Wildman–Crippen MR) is 252 cm³/mol. The van der Waals surface area contributed by atoms with Crippen LogP contribution in [0.1, 0.15) is 161 Å². The molecule has 0 saturated heterocycles. The summed E-state index contributed by atoms with van der Waals surface area (Å²) in [4.78, 5) is 2.52. The van der Waals surface area contributed by atoms with Gasteiger partial charge < -0.3 is 4.90 Å². The van der Waals surface area contributed by atoms with Crippen molar-refractivity contribution in [3.05, 3.63) is 161 Å². The van der Waals surface area contributed by atoms with Crippen molar-refractivity contribution < 1.29 is 0 Å². The van der Waals surface area contributed by atoms with Crippen molar-refractivity contribution >= 4 is 17.1 Å². The lowest BCUT2D eigenvalue weighted by Crippen LogP contribution is -2.17. The fraction of sp³-hybridized carbons (Fsp3) is 0.379. The van der Waals surface area contributed by atoms with Gasteiger partial charge in [-0.25, -0.2) is 0 Å². The van der Waals surface area contributed by atoms with Crippen LogP contribution in [-0.4, -0.2) is 0 Å². The molecule has 300 valence electrons. The van der Waals surface area contributed by atoms with Crippen molar-refractivity contribution in [1.29, 1.82) is 0 Å². The zero-order valence-electron chi connectivity index (χ0n) is 35.9. The molecule has 6 aromatic carbocycles. The first-order chi connectivity index (χ1) is 28.9. The monoisotopic (exact) mass is 773 g/mol. The molecule has 4 aliphatic rings. The second-order valence-corrected chi connectivity index (χ2v) is 19.3. The van der Waals surface area contributed by atoms with Gasteiger partial charge in [-0.05, 0) is 166 Å². The summed E-state index contributed by atoms with van der Waals surface area (Å²) in [5.74, 6) is 2.10. The van der Waals surface area contributed by atoms with Gasteiger partial charge in [0.05, 0.1) is 0 Å². The maximum atomic E-state index is 2.62. The summed E-state index contributed by atoms with van der Waals surface area (Å²) < 4.78 is 0. The van der Waals surface area contributed by atoms with Gasteiger partial charge in [0, 0.05) is 22.5 Å². The minimum absolute atomic E-state index is 0.0574. The largest absolute Gasteiger partial charge is 0.310 e. The molecule has 0 radical (unpaired) electrons. The van der Waals surface area contributed by atoms with Crippen molar-refractivity contribution in [2.24, 2.45) is 0 Å². The van der Waals surface area contributed by atoms with E-state index >= 15 is 0 Å². The van der Waals surface area contributed by atoms with Crippen molar-refractivity contribution in [2.45, 2.75) is 140 Å². The van der Waals surface area contributed by atoms with E-state index in [1.165, 1.54) is 169 Å². The molecule has 4 aliphatic carbocycles. The molecule has 0 aromatic heterocycles. The minimum atomic E-state index is -0.0574. The Kier molecular flexibility index (Phi) is 10.6. The molecule has 0 aliphatic heterocycles. The van der Waals surface area contributed by atoms with E-state index in [0.717, 1.165) is 11.8 Å². The Balaban J connectivity index is 0.997. The van der Waals surface area contributed by atoms with Crippen LogP contribution in [0.25, 0.3) is 33.4 Å². The summed E-state index contributed by atoms with van der Waals surface area (Å²) in [5, 5.41) is 0. The Hall–Kier alpha value is -4.88. The van der Waals surface area contributed by atoms with Crippen molar-refractivity contribution in [3.8, 4) is 33.4 Å². The van der Waals surface area contributed by atoms with E-state index in [9.17, 15) is 0 Å². The molecular formula is C58H63N. The lowest BCUT2D eigenvalue weighted by Gasteiger charge is -2.30. The molecular weight excluding hydrogens is 711 g/mol. The third kappa shape index (κ3) is 7.49. The zero-order chi connectivity index (χ0) is 39.9. The molecule has 3 fully saturated rings. The first-order valence-corrected chi connectivity index (χ1v) is 23.4. The fourth-order valence-electron chi connectivity index (χ4n) is 11.8. The third-order valence-corrected chi connectivity index (χ3v) is 15.2. The van der Waals surface area contributed by atoms with E-state index in [2.05, 4.69) is 153 Å². The molecule has 1 heteroatoms. The molecule has 1 nitrogen and oxygen atoms in total. The number of rotatable bonds is 8. The topological polar surface area (TPSA) is 3.24 Å². The Morgan fingerprint density at radius 3 is 1.54 bits per heavy atom. The Bertz CT molecular complexity index is 2390. The predicted octanol–water partition coefficient (Wildman–Crippen LogP) is 17.2. The standard InChI is InChI=1S/C58H63N/c1-40-34-51(30-32-53(40)45-28-26-44(27-29-45)49-36-47(42-18-9-5-10-19-42)35-48(37-49)43-20-11-6-12-21-43)59(50-23-15-22-46(38-50)41-16-7-4-8-17-41)52-31-33-55-54-24-13-14-25-56(54)58(2,3)57(55)39-52/h13-15,22-39,41-43H,4-12,16-21H2,1-3H3. The Morgan fingerprint density at radius 1 is 0.390 bits per heavy atom. The SMILES string of the molecule is Cc1cc(N(c2cccc(C3CCCCC3)c2)c2ccc3c(c2)C(C)(C)c2ccccc2-3)ccc1-c1ccc(-c2cc(C3CCCCC3)cc(C3CCCCC3)c2)cc1. The van der Waals surface area contributed by atoms with Gasteiger partial charge in [0.25, 0.3) is 0 Å². The highest BCUT2D eigenvalue weighted by Gasteiger charge is 2.36. The quantitative estimate of drug-likeness (QED) is 0.149. The van der Waals surface area contributed by atoms with Gasteiger partial charge >= 0.3 is 0 Å². The highest BCUT2D eigenvalue weighted by Crippen LogP contribution is 2.51. The van der Waals surface area contributed by atoms with Crippen molar-refractivity contribution in [2.75, 3.05) is 4.90 Å². The van der Waals surface area contributed by atoms with Crippen LogP contribution in [-0.2, 0) is 5.41 Å². The van der Waals surface area contributed by atoms with Gasteiger partial charge in [0.2, 0.25) is 0 Å². The third-order valence-electron chi connectivity index (χ3n) is 15.2. The zero-order valence-corrected chi connectivity index (χ0v) is 35.9. The average Bonchev–Trinajstić information content (AvgIpc) is 3.52. The van der Waals surface area contributed by atoms with Gasteiger partial charge in [-0.2, -0.15) is 0 Å². The Labute approximate surface area is 354 Å². The maximum absolute atomic E-state index is 2.62. The number of nitrogens with zero attached hydrogens (tertiary/aromatic N) is 1. The number of benzene rings is 6. The van der Waals surface area contributed by atoms with E-state index < -0.39 is 0 Å². The number of hydrogen-bond acceptors (Lipinski definition) is 1. The van der Waals surface area contributed by atoms with Gasteiger partial charge in [0.1, 0.15) is 0 Å². The summed E-state index contributed by atoms with van der Waals surface area (Å²) in [7, 11) is 0. The summed E-state index contributed by atoms with van der Waals surface area (Å²) >= 11 is 0. The molecule has 0 heterocycles. The smallest absolute Gasteiger partial charge is 0.0465 e. The normalized spacial score (nSPS) is 18.4. The molecule has 3 saturated carbocycles. The lowest BCUT2D eigenvalue weighted by molar-refractivity contribution is 0.435. The highest BCUT2D eigenvalue weighted by molar-refractivity contribution is 5.86. The minimum Gasteiger partial charge on any atom is -0.310 e. The van der Waals surface area contributed by atoms with Gasteiger partial charge in [0.15, 0.2) is 0 Å². The molecule has 0 atom stereocenters. The molecule has 0 amide bonds. The Morgan fingerprint density at radius 2 is 0.915 bits per heavy atom. The van der Waals surface area contributed by atoms with E-state index in [1.54, 1.807) is 11.1 Å². The molecule has 0 spiro atoms. The highest BCUT2D eigenvalue weighted by atomic mass is 15.1. The van der Waals surface area contributed by atoms with Gasteiger partial charge in [-0.1, -0.05) is 163 Å². The van der Waals surface area contributed by atoms with Crippen LogP contribution >= 0.6 is 0 Å². The maximum Gasteiger partial charge on any atom is 0.0465 e. The summed E-state index contributed by atoms with van der Waals surface area (Å²) in [6, 6.07) is 50.1. The van der Waals surface area contributed by atoms with E-state index in [4.69, 9.17) is 0 Å². The first kappa shape index (κ1) is 38.3. The molecule has 59 heavy (non-hydrogen) atoms. The summed E-state index contributed by atoms with van der Waals surface area (Å²) in [5.41, 5.74) is 20.6. The van der Waals surface area contributed by atoms with Crippen LogP contribution in [0.15, 0.2) is 127 Å². The van der Waals surface area contributed by atoms with Gasteiger partial charge in [-0.3, -0.25) is 0 Å². The average molecular weight is 774 g/mol. The van der Waals surface area contributed by atoms with Crippen LogP contribution in [0.4, 0.5) is 17.1 Å². The second-order valence-electron chi connectivity index (χ2n) is 19.3. The van der Waals surface area contributed by atoms with Crippen LogP contribution in [0.2, 0.25) is 0 Å². The first-order valence-electron chi connectivity index (χ1n) is 23.4. The number of hydrogen-bond donors (Lipinski definition) is 0. The number of fused-ring (bicyclic) bond motifs is 3. The number of aryl methyl sites for hydroxylation is 1. The van der Waals surface area contributed by atoms with Crippen LogP contribution < -0.4 is 4.90 Å². The van der Waals surface area contributed by atoms with E-state index in [1.807, 2.05) is 0 Å². The fourth-order valence-corrected chi connectivity index (χ4v) is 11.8.